The van der Waals surface area contributed by atoms with Gasteiger partial charge >= 0.3 is 6.18 Å². The van der Waals surface area contributed by atoms with Crippen molar-refractivity contribution in [2.75, 3.05) is 6.61 Å². The van der Waals surface area contributed by atoms with E-state index in [4.69, 9.17) is 16.3 Å². The Morgan fingerprint density at radius 1 is 1.28 bits per heavy atom. The summed E-state index contributed by atoms with van der Waals surface area (Å²) in [4.78, 5) is 7.83. The van der Waals surface area contributed by atoms with Crippen LogP contribution in [0.1, 0.15) is 11.3 Å². The first-order valence-corrected chi connectivity index (χ1v) is 11.9. The van der Waals surface area contributed by atoms with E-state index in [1.165, 1.54) is 4.57 Å². The second kappa shape index (κ2) is 7.47. The van der Waals surface area contributed by atoms with E-state index in [9.17, 15) is 13.2 Å². The summed E-state index contributed by atoms with van der Waals surface area (Å²) >= 11 is 6.15. The van der Waals surface area contributed by atoms with Crippen LogP contribution in [-0.4, -0.2) is 29.2 Å². The smallest absolute Gasteiger partial charge is 0.361 e. The topological polar surface area (TPSA) is 39.9 Å². The van der Waals surface area contributed by atoms with E-state index in [0.717, 1.165) is 17.8 Å². The molecule has 138 valence electrons. The maximum absolute atomic E-state index is 13.0. The summed E-state index contributed by atoms with van der Waals surface area (Å²) in [5, 5.41) is 0.252. The fourth-order valence-electron chi connectivity index (χ4n) is 2.08. The van der Waals surface area contributed by atoms with Crippen molar-refractivity contribution in [3.63, 3.8) is 0 Å². The number of hydrogen-bond donors (Lipinski definition) is 0. The van der Waals surface area contributed by atoms with Crippen LogP contribution >= 0.6 is 11.6 Å². The van der Waals surface area contributed by atoms with Gasteiger partial charge in [0, 0.05) is 27.1 Å². The van der Waals surface area contributed by atoms with Gasteiger partial charge in [-0.15, -0.1) is 0 Å². The molecule has 0 N–H and O–H groups in total. The number of imidazole rings is 1. The average Bonchev–Trinajstić information content (AvgIpc) is 2.86. The fourth-order valence-corrected chi connectivity index (χ4v) is 3.14. The highest BCUT2D eigenvalue weighted by Crippen LogP contribution is 2.32. The summed E-state index contributed by atoms with van der Waals surface area (Å²) in [6.07, 6.45) is -2.07. The Morgan fingerprint density at radius 3 is 2.52 bits per heavy atom. The Labute approximate surface area is 151 Å². The highest BCUT2D eigenvalue weighted by molar-refractivity contribution is 6.76. The molecular weight excluding hydrogens is 371 g/mol. The lowest BCUT2D eigenvalue weighted by atomic mass is 10.2. The van der Waals surface area contributed by atoms with Crippen molar-refractivity contribution in [3.05, 3.63) is 34.7 Å². The molecule has 2 aromatic rings. The summed E-state index contributed by atoms with van der Waals surface area (Å²) in [5.41, 5.74) is 0.0283. The van der Waals surface area contributed by atoms with Crippen molar-refractivity contribution in [2.45, 2.75) is 45.5 Å². The summed E-state index contributed by atoms with van der Waals surface area (Å²) in [6.45, 7) is 8.87. The molecular formula is C16H21ClF3N3OSi. The Balaban J connectivity index is 2.29. The van der Waals surface area contributed by atoms with Gasteiger partial charge in [0.1, 0.15) is 12.4 Å². The van der Waals surface area contributed by atoms with E-state index in [0.29, 0.717) is 6.61 Å². The largest absolute Gasteiger partial charge is 0.434 e. The predicted octanol–water partition coefficient (Wildman–Crippen LogP) is 5.24. The molecule has 0 fully saturated rings. The first-order chi connectivity index (χ1) is 11.5. The van der Waals surface area contributed by atoms with Gasteiger partial charge in [-0.25, -0.2) is 4.98 Å². The summed E-state index contributed by atoms with van der Waals surface area (Å²) in [5.74, 6) is 0.0466. The SMILES string of the molecule is Cc1cnc(-c2nc(C(F)(F)F)cn2COCC[Si](C)(C)C)c(Cl)c1. The summed E-state index contributed by atoms with van der Waals surface area (Å²) in [6, 6.07) is 2.56. The fraction of sp³-hybridized carbons (Fsp3) is 0.500. The minimum atomic E-state index is -4.55. The number of ether oxygens (including phenoxy) is 1. The molecule has 0 saturated carbocycles. The van der Waals surface area contributed by atoms with Crippen molar-refractivity contribution in [2.24, 2.45) is 0 Å². The third-order valence-corrected chi connectivity index (χ3v) is 5.48. The maximum Gasteiger partial charge on any atom is 0.434 e. The Bertz CT molecular complexity index is 741. The molecule has 0 aliphatic heterocycles. The molecule has 0 spiro atoms. The molecule has 0 atom stereocenters. The van der Waals surface area contributed by atoms with E-state index in [1.807, 2.05) is 0 Å². The molecule has 0 bridgehead atoms. The van der Waals surface area contributed by atoms with E-state index in [1.54, 1.807) is 19.2 Å². The van der Waals surface area contributed by atoms with Gasteiger partial charge in [0.05, 0.1) is 5.02 Å². The van der Waals surface area contributed by atoms with Crippen LogP contribution in [0.2, 0.25) is 30.7 Å². The Morgan fingerprint density at radius 2 is 1.96 bits per heavy atom. The van der Waals surface area contributed by atoms with Crippen LogP contribution in [0.25, 0.3) is 11.5 Å². The number of nitrogens with zero attached hydrogens (tertiary/aromatic N) is 3. The monoisotopic (exact) mass is 391 g/mol. The highest BCUT2D eigenvalue weighted by Gasteiger charge is 2.35. The zero-order chi connectivity index (χ0) is 18.8. The molecule has 25 heavy (non-hydrogen) atoms. The van der Waals surface area contributed by atoms with Crippen molar-refractivity contribution in [3.8, 4) is 11.5 Å². The lowest BCUT2D eigenvalue weighted by Crippen LogP contribution is -2.22. The number of halogens is 4. The van der Waals surface area contributed by atoms with Gasteiger partial charge in [0.25, 0.3) is 0 Å². The second-order valence-corrected chi connectivity index (χ2v) is 13.1. The third kappa shape index (κ3) is 5.55. The lowest BCUT2D eigenvalue weighted by molar-refractivity contribution is -0.141. The number of hydrogen-bond acceptors (Lipinski definition) is 3. The van der Waals surface area contributed by atoms with Crippen LogP contribution in [0.3, 0.4) is 0 Å². The number of alkyl halides is 3. The average molecular weight is 392 g/mol. The minimum Gasteiger partial charge on any atom is -0.361 e. The first-order valence-electron chi connectivity index (χ1n) is 7.82. The van der Waals surface area contributed by atoms with Crippen molar-refractivity contribution >= 4 is 19.7 Å². The van der Waals surface area contributed by atoms with E-state index >= 15 is 0 Å². The lowest BCUT2D eigenvalue weighted by Gasteiger charge is -2.16. The van der Waals surface area contributed by atoms with Gasteiger partial charge in [-0.1, -0.05) is 31.2 Å². The molecule has 2 aromatic heterocycles. The van der Waals surface area contributed by atoms with Gasteiger partial charge in [0.15, 0.2) is 11.5 Å². The van der Waals surface area contributed by atoms with Crippen LogP contribution in [0.4, 0.5) is 13.2 Å². The Hall–Kier alpha value is -1.38. The molecule has 0 saturated heterocycles. The number of aromatic nitrogens is 3. The quantitative estimate of drug-likeness (QED) is 0.499. The predicted molar refractivity (Wildman–Crippen MR) is 94.3 cm³/mol. The molecule has 0 radical (unpaired) electrons. The van der Waals surface area contributed by atoms with Crippen LogP contribution < -0.4 is 0 Å². The molecule has 4 nitrogen and oxygen atoms in total. The Kier molecular flexibility index (Phi) is 5.96. The van der Waals surface area contributed by atoms with Gasteiger partial charge < -0.3 is 9.30 Å². The first kappa shape index (κ1) is 19.9. The third-order valence-electron chi connectivity index (χ3n) is 3.48. The van der Waals surface area contributed by atoms with Gasteiger partial charge in [-0.05, 0) is 24.6 Å². The van der Waals surface area contributed by atoms with Crippen molar-refractivity contribution in [1.82, 2.24) is 14.5 Å². The van der Waals surface area contributed by atoms with E-state index < -0.39 is 19.9 Å². The zero-order valence-corrected chi connectivity index (χ0v) is 16.4. The molecule has 0 aliphatic carbocycles. The van der Waals surface area contributed by atoms with Crippen LogP contribution in [0.5, 0.6) is 0 Å². The maximum atomic E-state index is 13.0. The molecule has 2 heterocycles. The van der Waals surface area contributed by atoms with E-state index in [2.05, 4.69) is 29.6 Å². The molecule has 2 rings (SSSR count). The second-order valence-electron chi connectivity index (χ2n) is 7.11. The van der Waals surface area contributed by atoms with Crippen molar-refractivity contribution in [1.29, 1.82) is 0 Å². The normalized spacial score (nSPS) is 12.6. The number of rotatable bonds is 6. The summed E-state index contributed by atoms with van der Waals surface area (Å²) in [7, 11) is -1.28. The van der Waals surface area contributed by atoms with Gasteiger partial charge in [-0.2, -0.15) is 13.2 Å². The highest BCUT2D eigenvalue weighted by atomic mass is 35.5. The van der Waals surface area contributed by atoms with Gasteiger partial charge in [-0.3, -0.25) is 4.98 Å². The van der Waals surface area contributed by atoms with Crippen LogP contribution in [0, 0.1) is 6.92 Å². The van der Waals surface area contributed by atoms with Crippen LogP contribution in [-0.2, 0) is 17.6 Å². The standard InChI is InChI=1S/C16H21ClF3N3OSi/c1-11-7-12(17)14(21-8-11)15-22-13(16(18,19)20)9-23(15)10-24-5-6-25(2,3)4/h7-9H,5-6,10H2,1-4H3. The summed E-state index contributed by atoms with van der Waals surface area (Å²) < 4.78 is 46.0. The molecule has 0 unspecified atom stereocenters. The number of aryl methyl sites for hydroxylation is 1. The van der Waals surface area contributed by atoms with Crippen LogP contribution in [0.15, 0.2) is 18.5 Å². The van der Waals surface area contributed by atoms with Gasteiger partial charge in [0.2, 0.25) is 0 Å². The molecule has 9 heteroatoms. The molecule has 0 aromatic carbocycles. The minimum absolute atomic E-state index is 0.0330. The van der Waals surface area contributed by atoms with E-state index in [-0.39, 0.29) is 23.3 Å². The zero-order valence-electron chi connectivity index (χ0n) is 14.6. The molecule has 0 amide bonds. The number of pyridine rings is 1. The molecule has 0 aliphatic rings. The van der Waals surface area contributed by atoms with Crippen molar-refractivity contribution < 1.29 is 17.9 Å².